The Morgan fingerprint density at radius 3 is 2.55 bits per heavy atom. The van der Waals surface area contributed by atoms with Gasteiger partial charge in [-0.25, -0.2) is 4.79 Å². The number of rotatable bonds is 2. The quantitative estimate of drug-likeness (QED) is 0.470. The summed E-state index contributed by atoms with van der Waals surface area (Å²) < 4.78 is 10.7. The number of hydrogen-bond donors (Lipinski definition) is 0. The highest BCUT2D eigenvalue weighted by Crippen LogP contribution is 2.54. The van der Waals surface area contributed by atoms with Crippen molar-refractivity contribution in [3.8, 4) is 5.75 Å². The Bertz CT molecular complexity index is 612. The number of hydrogen-bond acceptors (Lipinski definition) is 3. The van der Waals surface area contributed by atoms with Crippen LogP contribution in [-0.4, -0.2) is 18.7 Å². The summed E-state index contributed by atoms with van der Waals surface area (Å²) >= 11 is 0. The molecule has 104 valence electrons. The standard InChI is InChI=1S/C17H18O3/c1-10-9-17(3)15(11(2)16(18)20-17)14(10)12-5-7-13(19-4)8-6-12/h5-9,14-15H,2H2,1,3-4H3/t14-,15-,17+/m1/s1. The first-order valence-corrected chi connectivity index (χ1v) is 6.72. The lowest BCUT2D eigenvalue weighted by molar-refractivity contribution is -0.142. The molecular formula is C17H18O3. The van der Waals surface area contributed by atoms with Crippen molar-refractivity contribution in [3.63, 3.8) is 0 Å². The van der Waals surface area contributed by atoms with Crippen LogP contribution in [0.25, 0.3) is 0 Å². The van der Waals surface area contributed by atoms with Crippen LogP contribution in [0, 0.1) is 5.92 Å². The Labute approximate surface area is 118 Å². The lowest BCUT2D eigenvalue weighted by atomic mass is 9.78. The molecule has 3 rings (SSSR count). The lowest BCUT2D eigenvalue weighted by Gasteiger charge is -2.25. The van der Waals surface area contributed by atoms with Crippen LogP contribution in [0.5, 0.6) is 5.75 Å². The van der Waals surface area contributed by atoms with Crippen LogP contribution >= 0.6 is 0 Å². The second-order valence-electron chi connectivity index (χ2n) is 5.72. The predicted octanol–water partition coefficient (Wildman–Crippen LogP) is 3.23. The zero-order valence-corrected chi connectivity index (χ0v) is 12.0. The fourth-order valence-corrected chi connectivity index (χ4v) is 3.52. The van der Waals surface area contributed by atoms with Crippen molar-refractivity contribution >= 4 is 5.97 Å². The fourth-order valence-electron chi connectivity index (χ4n) is 3.52. The van der Waals surface area contributed by atoms with Gasteiger partial charge in [0.2, 0.25) is 0 Å². The molecule has 1 aliphatic heterocycles. The molecule has 2 aliphatic rings. The molecule has 0 saturated carbocycles. The number of esters is 1. The summed E-state index contributed by atoms with van der Waals surface area (Å²) in [6, 6.07) is 7.97. The fraction of sp³-hybridized carbons (Fsp3) is 0.353. The van der Waals surface area contributed by atoms with Gasteiger partial charge in [-0.2, -0.15) is 0 Å². The molecule has 20 heavy (non-hydrogen) atoms. The van der Waals surface area contributed by atoms with Crippen LogP contribution in [0.1, 0.15) is 25.3 Å². The SMILES string of the molecule is C=C1C(=O)O[C@@]2(C)C=C(C)[C@H](c3ccc(OC)cc3)[C@@H]12. The summed E-state index contributed by atoms with van der Waals surface area (Å²) in [4.78, 5) is 11.8. The molecule has 1 aliphatic carbocycles. The molecule has 0 bridgehead atoms. The van der Waals surface area contributed by atoms with Gasteiger partial charge in [0, 0.05) is 17.4 Å². The van der Waals surface area contributed by atoms with Gasteiger partial charge < -0.3 is 9.47 Å². The molecule has 1 aromatic carbocycles. The van der Waals surface area contributed by atoms with E-state index < -0.39 is 5.60 Å². The van der Waals surface area contributed by atoms with Crippen LogP contribution in [0.3, 0.4) is 0 Å². The van der Waals surface area contributed by atoms with E-state index in [1.54, 1.807) is 7.11 Å². The second kappa shape index (κ2) is 4.23. The second-order valence-corrected chi connectivity index (χ2v) is 5.72. The topological polar surface area (TPSA) is 35.5 Å². The van der Waals surface area contributed by atoms with Gasteiger partial charge in [-0.15, -0.1) is 0 Å². The van der Waals surface area contributed by atoms with Gasteiger partial charge in [-0.05, 0) is 37.6 Å². The van der Waals surface area contributed by atoms with E-state index in [-0.39, 0.29) is 17.8 Å². The van der Waals surface area contributed by atoms with Crippen LogP contribution in [-0.2, 0) is 9.53 Å². The van der Waals surface area contributed by atoms with Gasteiger partial charge in [0.25, 0.3) is 0 Å². The first-order chi connectivity index (χ1) is 9.46. The molecule has 0 spiro atoms. The minimum atomic E-state index is -0.553. The monoisotopic (exact) mass is 270 g/mol. The third kappa shape index (κ3) is 1.69. The van der Waals surface area contributed by atoms with Crippen molar-refractivity contribution < 1.29 is 14.3 Å². The normalized spacial score (nSPS) is 31.9. The Hall–Kier alpha value is -2.03. The van der Waals surface area contributed by atoms with E-state index in [1.165, 1.54) is 5.57 Å². The molecule has 1 heterocycles. The van der Waals surface area contributed by atoms with Crippen molar-refractivity contribution in [2.24, 2.45) is 5.92 Å². The minimum Gasteiger partial charge on any atom is -0.497 e. The molecule has 1 aromatic rings. The molecule has 0 amide bonds. The maximum atomic E-state index is 11.8. The zero-order valence-electron chi connectivity index (χ0n) is 12.0. The summed E-state index contributed by atoms with van der Waals surface area (Å²) in [7, 11) is 1.65. The van der Waals surface area contributed by atoms with Gasteiger partial charge in [0.1, 0.15) is 11.4 Å². The molecule has 0 radical (unpaired) electrons. The minimum absolute atomic E-state index is 0.0107. The summed E-state index contributed by atoms with van der Waals surface area (Å²) in [5.74, 6) is 0.682. The molecule has 0 N–H and O–H groups in total. The van der Waals surface area contributed by atoms with Crippen LogP contribution in [0.4, 0.5) is 0 Å². The third-order valence-corrected chi connectivity index (χ3v) is 4.38. The Morgan fingerprint density at radius 1 is 1.30 bits per heavy atom. The maximum Gasteiger partial charge on any atom is 0.334 e. The molecule has 3 heteroatoms. The van der Waals surface area contributed by atoms with Crippen LogP contribution in [0.15, 0.2) is 48.1 Å². The van der Waals surface area contributed by atoms with E-state index in [1.807, 2.05) is 31.2 Å². The number of allylic oxidation sites excluding steroid dienone is 1. The van der Waals surface area contributed by atoms with Gasteiger partial charge >= 0.3 is 5.97 Å². The van der Waals surface area contributed by atoms with E-state index in [9.17, 15) is 4.79 Å². The average molecular weight is 270 g/mol. The lowest BCUT2D eigenvalue weighted by Crippen LogP contribution is -2.28. The van der Waals surface area contributed by atoms with Crippen LogP contribution < -0.4 is 4.74 Å². The Morgan fingerprint density at radius 2 is 1.95 bits per heavy atom. The third-order valence-electron chi connectivity index (χ3n) is 4.38. The summed E-state index contributed by atoms with van der Waals surface area (Å²) in [5.41, 5.74) is 2.40. The maximum absolute atomic E-state index is 11.8. The highest BCUT2D eigenvalue weighted by Gasteiger charge is 2.55. The molecule has 1 saturated heterocycles. The predicted molar refractivity (Wildman–Crippen MR) is 76.6 cm³/mol. The molecule has 0 aromatic heterocycles. The molecule has 3 nitrogen and oxygen atoms in total. The highest BCUT2D eigenvalue weighted by atomic mass is 16.6. The van der Waals surface area contributed by atoms with Crippen molar-refractivity contribution in [2.75, 3.05) is 7.11 Å². The first-order valence-electron chi connectivity index (χ1n) is 6.72. The van der Waals surface area contributed by atoms with E-state index >= 15 is 0 Å². The number of carbonyl (C=O) groups excluding carboxylic acids is 1. The van der Waals surface area contributed by atoms with Crippen molar-refractivity contribution in [1.29, 1.82) is 0 Å². The Kier molecular flexibility index (Phi) is 2.75. The van der Waals surface area contributed by atoms with E-state index in [0.717, 1.165) is 11.3 Å². The number of benzene rings is 1. The van der Waals surface area contributed by atoms with E-state index in [2.05, 4.69) is 19.6 Å². The van der Waals surface area contributed by atoms with Crippen molar-refractivity contribution in [3.05, 3.63) is 53.6 Å². The average Bonchev–Trinajstić information content (AvgIpc) is 2.79. The Balaban J connectivity index is 2.02. The van der Waals surface area contributed by atoms with E-state index in [4.69, 9.17) is 9.47 Å². The summed E-state index contributed by atoms with van der Waals surface area (Å²) in [5, 5.41) is 0. The van der Waals surface area contributed by atoms with E-state index in [0.29, 0.717) is 5.57 Å². The smallest absolute Gasteiger partial charge is 0.334 e. The highest BCUT2D eigenvalue weighted by molar-refractivity contribution is 5.92. The van der Waals surface area contributed by atoms with Gasteiger partial charge in [0.05, 0.1) is 7.11 Å². The number of fused-ring (bicyclic) bond motifs is 1. The number of methoxy groups -OCH3 is 1. The zero-order chi connectivity index (χ0) is 14.5. The van der Waals surface area contributed by atoms with Crippen LogP contribution in [0.2, 0.25) is 0 Å². The molecule has 0 unspecified atom stereocenters. The summed E-state index contributed by atoms with van der Waals surface area (Å²) in [6.45, 7) is 7.98. The molecule has 3 atom stereocenters. The number of ether oxygens (including phenoxy) is 2. The van der Waals surface area contributed by atoms with Gasteiger partial charge in [0.15, 0.2) is 0 Å². The van der Waals surface area contributed by atoms with Crippen molar-refractivity contribution in [1.82, 2.24) is 0 Å². The molecule has 1 fully saturated rings. The first kappa shape index (κ1) is 13.0. The summed E-state index contributed by atoms with van der Waals surface area (Å²) in [6.07, 6.45) is 2.06. The van der Waals surface area contributed by atoms with Gasteiger partial charge in [-0.3, -0.25) is 0 Å². The van der Waals surface area contributed by atoms with Gasteiger partial charge in [-0.1, -0.05) is 24.3 Å². The molecular weight excluding hydrogens is 252 g/mol. The number of carbonyl (C=O) groups is 1. The largest absolute Gasteiger partial charge is 0.497 e. The van der Waals surface area contributed by atoms with Crippen molar-refractivity contribution in [2.45, 2.75) is 25.4 Å².